The van der Waals surface area contributed by atoms with Crippen LogP contribution in [0.25, 0.3) is 0 Å². The molecule has 0 aliphatic carbocycles. The van der Waals surface area contributed by atoms with E-state index < -0.39 is 0 Å². The zero-order chi connectivity index (χ0) is 15.2. The lowest BCUT2D eigenvalue weighted by Crippen LogP contribution is -2.24. The number of methoxy groups -OCH3 is 1. The van der Waals surface area contributed by atoms with Crippen LogP contribution >= 0.6 is 31.9 Å². The predicted octanol–water partition coefficient (Wildman–Crippen LogP) is 4.54. The van der Waals surface area contributed by atoms with Gasteiger partial charge in [0, 0.05) is 6.54 Å². The van der Waals surface area contributed by atoms with Crippen molar-refractivity contribution in [1.29, 1.82) is 0 Å². The minimum absolute atomic E-state index is 0.162. The third kappa shape index (κ3) is 4.49. The van der Waals surface area contributed by atoms with Crippen LogP contribution in [0.15, 0.2) is 43.9 Å². The number of hydrogen-bond acceptors (Lipinski definition) is 4. The van der Waals surface area contributed by atoms with E-state index in [-0.39, 0.29) is 6.04 Å². The van der Waals surface area contributed by atoms with Crippen molar-refractivity contribution in [3.05, 3.63) is 45.2 Å². The molecule has 0 radical (unpaired) electrons. The van der Waals surface area contributed by atoms with Gasteiger partial charge in [-0.05, 0) is 63.0 Å². The minimum atomic E-state index is 0.162. The fourth-order valence-corrected chi connectivity index (χ4v) is 2.77. The van der Waals surface area contributed by atoms with Crippen molar-refractivity contribution in [3.63, 3.8) is 0 Å². The summed E-state index contributed by atoms with van der Waals surface area (Å²) in [6, 6.07) is 7.76. The molecule has 1 heterocycles. The summed E-state index contributed by atoms with van der Waals surface area (Å²) in [6.45, 7) is 3.33. The smallest absolute Gasteiger partial charge is 0.134 e. The Labute approximate surface area is 141 Å². The molecular weight excluding hydrogens is 402 g/mol. The first-order valence-electron chi connectivity index (χ1n) is 6.54. The molecule has 1 aromatic heterocycles. The topological polar surface area (TPSA) is 43.6 Å². The Balaban J connectivity index is 1.82. The molecule has 1 N–H and O–H groups in total. The van der Waals surface area contributed by atoms with Gasteiger partial charge in [0.2, 0.25) is 0 Å². The lowest BCUT2D eigenvalue weighted by atomic mass is 10.2. The maximum absolute atomic E-state index is 5.76. The van der Waals surface area contributed by atoms with Crippen molar-refractivity contribution in [2.24, 2.45) is 0 Å². The first-order valence-corrected chi connectivity index (χ1v) is 8.13. The Morgan fingerprint density at radius 2 is 1.95 bits per heavy atom. The molecular formula is C15H17Br2NO3. The Morgan fingerprint density at radius 1 is 1.24 bits per heavy atom. The first-order chi connectivity index (χ1) is 10.1. The van der Waals surface area contributed by atoms with Crippen molar-refractivity contribution in [2.75, 3.05) is 20.3 Å². The summed E-state index contributed by atoms with van der Waals surface area (Å²) in [5.74, 6) is 2.46. The van der Waals surface area contributed by atoms with Crippen molar-refractivity contribution in [1.82, 2.24) is 5.32 Å². The number of rotatable bonds is 7. The van der Waals surface area contributed by atoms with Crippen LogP contribution in [-0.4, -0.2) is 20.3 Å². The molecule has 2 rings (SSSR count). The summed E-state index contributed by atoms with van der Waals surface area (Å²) in [6.07, 6.45) is 1.68. The Hall–Kier alpha value is -0.980. The highest BCUT2D eigenvalue weighted by atomic mass is 79.9. The van der Waals surface area contributed by atoms with E-state index >= 15 is 0 Å². The van der Waals surface area contributed by atoms with Crippen LogP contribution in [0, 0.1) is 0 Å². The van der Waals surface area contributed by atoms with Crippen LogP contribution in [0.4, 0.5) is 0 Å². The second kappa shape index (κ2) is 7.87. The molecule has 6 heteroatoms. The van der Waals surface area contributed by atoms with E-state index in [4.69, 9.17) is 13.9 Å². The summed E-state index contributed by atoms with van der Waals surface area (Å²) >= 11 is 6.92. The van der Waals surface area contributed by atoms with Gasteiger partial charge in [0.15, 0.2) is 0 Å². The maximum Gasteiger partial charge on any atom is 0.134 e. The molecule has 4 nitrogen and oxygen atoms in total. The summed E-state index contributed by atoms with van der Waals surface area (Å²) in [5, 5.41) is 3.34. The summed E-state index contributed by atoms with van der Waals surface area (Å²) in [7, 11) is 1.63. The fraction of sp³-hybridized carbons (Fsp3) is 0.333. The van der Waals surface area contributed by atoms with Gasteiger partial charge in [-0.15, -0.1) is 0 Å². The summed E-state index contributed by atoms with van der Waals surface area (Å²) < 4.78 is 18.0. The molecule has 0 bridgehead atoms. The first kappa shape index (κ1) is 16.4. The van der Waals surface area contributed by atoms with Crippen LogP contribution in [0.5, 0.6) is 11.5 Å². The molecule has 1 aromatic carbocycles. The van der Waals surface area contributed by atoms with Gasteiger partial charge < -0.3 is 19.2 Å². The highest BCUT2D eigenvalue weighted by molar-refractivity contribution is 9.11. The molecule has 0 spiro atoms. The van der Waals surface area contributed by atoms with Gasteiger partial charge >= 0.3 is 0 Å². The minimum Gasteiger partial charge on any atom is -0.496 e. The number of furan rings is 1. The van der Waals surface area contributed by atoms with Crippen LogP contribution in [0.3, 0.4) is 0 Å². The van der Waals surface area contributed by atoms with Crippen LogP contribution in [0.1, 0.15) is 18.7 Å². The second-order valence-electron chi connectivity index (χ2n) is 4.46. The van der Waals surface area contributed by atoms with Crippen molar-refractivity contribution >= 4 is 31.9 Å². The molecule has 0 fully saturated rings. The van der Waals surface area contributed by atoms with Crippen molar-refractivity contribution in [2.45, 2.75) is 13.0 Å². The molecule has 114 valence electrons. The zero-order valence-corrected chi connectivity index (χ0v) is 15.0. The normalized spacial score (nSPS) is 12.2. The quantitative estimate of drug-likeness (QED) is 0.670. The summed E-state index contributed by atoms with van der Waals surface area (Å²) in [4.78, 5) is 0. The largest absolute Gasteiger partial charge is 0.496 e. The molecule has 0 amide bonds. The van der Waals surface area contributed by atoms with Crippen LogP contribution < -0.4 is 14.8 Å². The Kier molecular flexibility index (Phi) is 6.14. The average Bonchev–Trinajstić information content (AvgIpc) is 3.00. The van der Waals surface area contributed by atoms with Crippen molar-refractivity contribution < 1.29 is 13.9 Å². The number of ether oxygens (including phenoxy) is 2. The van der Waals surface area contributed by atoms with E-state index in [0.717, 1.165) is 32.7 Å². The second-order valence-corrected chi connectivity index (χ2v) is 6.17. The van der Waals surface area contributed by atoms with E-state index in [1.54, 1.807) is 13.4 Å². The molecule has 0 aliphatic rings. The van der Waals surface area contributed by atoms with E-state index in [2.05, 4.69) is 44.1 Å². The zero-order valence-electron chi connectivity index (χ0n) is 11.9. The monoisotopic (exact) mass is 417 g/mol. The molecule has 0 saturated heterocycles. The Bertz CT molecular complexity index is 573. The molecule has 2 aromatic rings. The SMILES string of the molecule is COc1cc(Br)c(OCCNC(C)c2ccco2)cc1Br. The summed E-state index contributed by atoms with van der Waals surface area (Å²) in [5.41, 5.74) is 0. The highest BCUT2D eigenvalue weighted by Crippen LogP contribution is 2.35. The van der Waals surface area contributed by atoms with Gasteiger partial charge in [-0.2, -0.15) is 0 Å². The number of halogens is 2. The third-order valence-corrected chi connectivity index (χ3v) is 4.23. The van der Waals surface area contributed by atoms with Gasteiger partial charge in [0.05, 0.1) is 28.4 Å². The van der Waals surface area contributed by atoms with Gasteiger partial charge in [-0.3, -0.25) is 0 Å². The van der Waals surface area contributed by atoms with Crippen LogP contribution in [0.2, 0.25) is 0 Å². The molecule has 21 heavy (non-hydrogen) atoms. The maximum atomic E-state index is 5.76. The molecule has 1 unspecified atom stereocenters. The molecule has 1 atom stereocenters. The van der Waals surface area contributed by atoms with Crippen molar-refractivity contribution in [3.8, 4) is 11.5 Å². The van der Waals surface area contributed by atoms with E-state index in [9.17, 15) is 0 Å². The van der Waals surface area contributed by atoms with E-state index in [0.29, 0.717) is 6.61 Å². The lowest BCUT2D eigenvalue weighted by Gasteiger charge is -2.14. The van der Waals surface area contributed by atoms with E-state index in [1.165, 1.54) is 0 Å². The van der Waals surface area contributed by atoms with Gasteiger partial charge in [0.25, 0.3) is 0 Å². The van der Waals surface area contributed by atoms with E-state index in [1.807, 2.05) is 24.3 Å². The standard InChI is InChI=1S/C15H17Br2NO3/c1-10(13-4-3-6-20-13)18-5-7-21-15-9-11(16)14(19-2)8-12(15)17/h3-4,6,8-10,18H,5,7H2,1-2H3. The average molecular weight is 419 g/mol. The lowest BCUT2D eigenvalue weighted by molar-refractivity contribution is 0.299. The number of benzene rings is 1. The predicted molar refractivity (Wildman–Crippen MR) is 89.0 cm³/mol. The van der Waals surface area contributed by atoms with Gasteiger partial charge in [-0.1, -0.05) is 0 Å². The highest BCUT2D eigenvalue weighted by Gasteiger charge is 2.09. The number of nitrogens with one attached hydrogen (secondary N) is 1. The fourth-order valence-electron chi connectivity index (χ4n) is 1.85. The molecule has 0 aliphatic heterocycles. The van der Waals surface area contributed by atoms with Crippen LogP contribution in [-0.2, 0) is 0 Å². The molecule has 0 saturated carbocycles. The third-order valence-electron chi connectivity index (χ3n) is 2.99. The van der Waals surface area contributed by atoms with Gasteiger partial charge in [0.1, 0.15) is 23.9 Å². The van der Waals surface area contributed by atoms with Gasteiger partial charge in [-0.25, -0.2) is 0 Å². The number of hydrogen-bond donors (Lipinski definition) is 1. The Morgan fingerprint density at radius 3 is 2.62 bits per heavy atom.